The molecule has 0 heterocycles. The lowest BCUT2D eigenvalue weighted by Gasteiger charge is -2.30. The molecule has 0 amide bonds. The van der Waals surface area contributed by atoms with Crippen LogP contribution in [0, 0.1) is 0 Å². The first-order chi connectivity index (χ1) is 18.8. The summed E-state index contributed by atoms with van der Waals surface area (Å²) >= 11 is 0. The van der Waals surface area contributed by atoms with E-state index in [0.717, 1.165) is 45.1 Å². The fourth-order valence-electron chi connectivity index (χ4n) is 5.17. The van der Waals surface area contributed by atoms with Crippen LogP contribution in [0.1, 0.15) is 132 Å². The highest BCUT2D eigenvalue weighted by Crippen LogP contribution is 2.46. The Morgan fingerprint density at radius 1 is 0.381 bits per heavy atom. The summed E-state index contributed by atoms with van der Waals surface area (Å²) in [4.78, 5) is 0. The molecule has 0 aliphatic heterocycles. The zero-order chi connectivity index (χ0) is 32.2. The summed E-state index contributed by atoms with van der Waals surface area (Å²) in [7, 11) is 0. The molecule has 230 valence electrons. The molecule has 0 aliphatic carbocycles. The van der Waals surface area contributed by atoms with Crippen molar-refractivity contribution in [3.8, 4) is 34.5 Å². The Bertz CT molecular complexity index is 1440. The Kier molecular flexibility index (Phi) is 8.62. The van der Waals surface area contributed by atoms with Gasteiger partial charge in [0.2, 0.25) is 0 Å². The Hall–Kier alpha value is -3.14. The number of hydrogen-bond acceptors (Lipinski definition) is 4. The highest BCUT2D eigenvalue weighted by molar-refractivity contribution is 5.56. The summed E-state index contributed by atoms with van der Waals surface area (Å²) < 4.78 is 13.4. The van der Waals surface area contributed by atoms with Crippen LogP contribution in [0.3, 0.4) is 0 Å². The monoisotopic (exact) mass is 574 g/mol. The van der Waals surface area contributed by atoms with Gasteiger partial charge in [-0.1, -0.05) is 104 Å². The third-order valence-corrected chi connectivity index (χ3v) is 7.63. The highest BCUT2D eigenvalue weighted by atomic mass is 16.5. The average molecular weight is 575 g/mol. The van der Waals surface area contributed by atoms with Crippen LogP contribution in [0.4, 0.5) is 0 Å². The quantitative estimate of drug-likeness (QED) is 0.325. The summed E-state index contributed by atoms with van der Waals surface area (Å²) in [6.07, 6.45) is 0. The molecule has 0 saturated heterocycles. The van der Waals surface area contributed by atoms with E-state index in [9.17, 15) is 10.2 Å². The van der Waals surface area contributed by atoms with E-state index in [1.54, 1.807) is 0 Å². The van der Waals surface area contributed by atoms with Gasteiger partial charge in [0, 0.05) is 27.8 Å². The van der Waals surface area contributed by atoms with Crippen LogP contribution < -0.4 is 9.47 Å². The van der Waals surface area contributed by atoms with E-state index < -0.39 is 0 Å². The molecule has 0 aliphatic rings. The van der Waals surface area contributed by atoms with Gasteiger partial charge >= 0.3 is 0 Å². The molecule has 0 spiro atoms. The molecule has 3 rings (SSSR count). The zero-order valence-corrected chi connectivity index (χ0v) is 28.8. The molecular formula is C38H54O4. The molecule has 0 fully saturated rings. The molecular weight excluding hydrogens is 520 g/mol. The Morgan fingerprint density at radius 3 is 1.07 bits per heavy atom. The third kappa shape index (κ3) is 7.43. The van der Waals surface area contributed by atoms with Crippen molar-refractivity contribution in [3.05, 3.63) is 70.3 Å². The van der Waals surface area contributed by atoms with Crippen LogP contribution in [-0.4, -0.2) is 10.2 Å². The maximum absolute atomic E-state index is 10.9. The molecule has 0 aromatic heterocycles. The van der Waals surface area contributed by atoms with Gasteiger partial charge in [-0.3, -0.25) is 0 Å². The minimum Gasteiger partial charge on any atom is -0.508 e. The van der Waals surface area contributed by atoms with Crippen LogP contribution in [0.25, 0.3) is 0 Å². The van der Waals surface area contributed by atoms with Crippen molar-refractivity contribution in [2.45, 2.75) is 131 Å². The second-order valence-electron chi connectivity index (χ2n) is 16.8. The maximum atomic E-state index is 10.9. The lowest BCUT2D eigenvalue weighted by Crippen LogP contribution is -2.18. The van der Waals surface area contributed by atoms with Crippen LogP contribution in [-0.2, 0) is 27.1 Å². The van der Waals surface area contributed by atoms with Gasteiger partial charge in [0.25, 0.3) is 0 Å². The van der Waals surface area contributed by atoms with Gasteiger partial charge in [0.1, 0.15) is 34.5 Å². The molecule has 0 bridgehead atoms. The molecule has 2 N–H and O–H groups in total. The van der Waals surface area contributed by atoms with E-state index in [0.29, 0.717) is 5.75 Å². The van der Waals surface area contributed by atoms with E-state index >= 15 is 0 Å². The van der Waals surface area contributed by atoms with E-state index in [1.165, 1.54) is 0 Å². The first-order valence-electron chi connectivity index (χ1n) is 15.1. The number of phenolic OH excluding ortho intramolecular Hbond substituents is 2. The number of rotatable bonds is 4. The molecule has 4 nitrogen and oxygen atoms in total. The predicted octanol–water partition coefficient (Wildman–Crippen LogP) is 11.2. The first kappa shape index (κ1) is 33.4. The van der Waals surface area contributed by atoms with E-state index in [4.69, 9.17) is 9.47 Å². The highest BCUT2D eigenvalue weighted by Gasteiger charge is 2.29. The summed E-state index contributed by atoms with van der Waals surface area (Å²) in [5, 5.41) is 21.8. The van der Waals surface area contributed by atoms with Gasteiger partial charge in [-0.15, -0.1) is 0 Å². The predicted molar refractivity (Wildman–Crippen MR) is 176 cm³/mol. The second kappa shape index (κ2) is 10.8. The Balaban J connectivity index is 2.18. The summed E-state index contributed by atoms with van der Waals surface area (Å²) in [5.41, 5.74) is 3.40. The standard InChI is InChI=1S/C38H54O4/c1-34(2,3)24-21-32(27(19-29(24)39)37(10,11)12)41-23-16-17-31(26(18-23)36(7,8)9)42-33-22-25(35(4,5)6)30(40)20-28(33)38(13,14)15/h16-22,39-40H,1-15H3. The smallest absolute Gasteiger partial charge is 0.131 e. The lowest BCUT2D eigenvalue weighted by molar-refractivity contribution is 0.411. The number of aromatic hydroxyl groups is 2. The number of benzene rings is 3. The molecule has 0 radical (unpaired) electrons. The molecule has 42 heavy (non-hydrogen) atoms. The van der Waals surface area contributed by atoms with Crippen molar-refractivity contribution in [3.63, 3.8) is 0 Å². The van der Waals surface area contributed by atoms with Gasteiger partial charge in [0.05, 0.1) is 0 Å². The third-order valence-electron chi connectivity index (χ3n) is 7.63. The van der Waals surface area contributed by atoms with Crippen molar-refractivity contribution in [1.82, 2.24) is 0 Å². The molecule has 0 saturated carbocycles. The van der Waals surface area contributed by atoms with Crippen LogP contribution in [0.2, 0.25) is 0 Å². The van der Waals surface area contributed by atoms with E-state index in [1.807, 2.05) is 36.4 Å². The summed E-state index contributed by atoms with van der Waals surface area (Å²) in [6, 6.07) is 13.7. The van der Waals surface area contributed by atoms with Crippen LogP contribution >= 0.6 is 0 Å². The lowest BCUT2D eigenvalue weighted by atomic mass is 9.80. The fourth-order valence-corrected chi connectivity index (χ4v) is 5.17. The summed E-state index contributed by atoms with van der Waals surface area (Å²) in [6.45, 7) is 31.8. The van der Waals surface area contributed by atoms with E-state index in [-0.39, 0.29) is 38.6 Å². The van der Waals surface area contributed by atoms with Crippen molar-refractivity contribution in [2.24, 2.45) is 0 Å². The van der Waals surface area contributed by atoms with Gasteiger partial charge in [-0.25, -0.2) is 0 Å². The fraction of sp³-hybridized carbons (Fsp3) is 0.526. The topological polar surface area (TPSA) is 58.9 Å². The largest absolute Gasteiger partial charge is 0.508 e. The van der Waals surface area contributed by atoms with Gasteiger partial charge in [-0.2, -0.15) is 0 Å². The maximum Gasteiger partial charge on any atom is 0.131 e. The Morgan fingerprint density at radius 2 is 0.714 bits per heavy atom. The Labute approximate surface area is 255 Å². The van der Waals surface area contributed by atoms with Crippen molar-refractivity contribution < 1.29 is 19.7 Å². The van der Waals surface area contributed by atoms with Crippen LogP contribution in [0.15, 0.2) is 42.5 Å². The zero-order valence-electron chi connectivity index (χ0n) is 28.8. The van der Waals surface area contributed by atoms with Crippen LogP contribution in [0.5, 0.6) is 34.5 Å². The van der Waals surface area contributed by atoms with Gasteiger partial charge in [0.15, 0.2) is 0 Å². The number of hydrogen-bond donors (Lipinski definition) is 2. The van der Waals surface area contributed by atoms with Gasteiger partial charge < -0.3 is 19.7 Å². The number of phenols is 2. The normalized spacial score (nSPS) is 13.3. The molecule has 3 aromatic carbocycles. The van der Waals surface area contributed by atoms with Crippen molar-refractivity contribution >= 4 is 0 Å². The van der Waals surface area contributed by atoms with Crippen molar-refractivity contribution in [2.75, 3.05) is 0 Å². The average Bonchev–Trinajstić information content (AvgIpc) is 2.78. The van der Waals surface area contributed by atoms with E-state index in [2.05, 4.69) is 110 Å². The molecule has 0 atom stereocenters. The SMILES string of the molecule is CC(C)(C)c1cc(Oc2ccc(Oc3cc(C(C)(C)C)c(O)cc3C(C)(C)C)c(C(C)(C)C)c2)c(C(C)(C)C)cc1O. The minimum atomic E-state index is -0.246. The molecule has 3 aromatic rings. The van der Waals surface area contributed by atoms with Crippen molar-refractivity contribution in [1.29, 1.82) is 0 Å². The molecule has 4 heteroatoms. The molecule has 0 unspecified atom stereocenters. The number of ether oxygens (including phenoxy) is 2. The minimum absolute atomic E-state index is 0.230. The van der Waals surface area contributed by atoms with Gasteiger partial charge in [-0.05, 0) is 69.5 Å². The summed E-state index contributed by atoms with van der Waals surface area (Å²) in [5.74, 6) is 3.52. The second-order valence-corrected chi connectivity index (χ2v) is 16.8. The first-order valence-corrected chi connectivity index (χ1v) is 15.1.